The van der Waals surface area contributed by atoms with E-state index in [9.17, 15) is 14.7 Å². The molecule has 6 nitrogen and oxygen atoms in total. The van der Waals surface area contributed by atoms with Gasteiger partial charge in [0.15, 0.2) is 0 Å². The SMILES string of the molecule is O=[N+]([O-])O[PH](=O)Oc1ccccc1. The van der Waals surface area contributed by atoms with Gasteiger partial charge in [-0.25, -0.2) is 4.62 Å². The van der Waals surface area contributed by atoms with Crippen molar-refractivity contribution in [2.45, 2.75) is 0 Å². The summed E-state index contributed by atoms with van der Waals surface area (Å²) in [5, 5.41) is 8.58. The molecule has 0 radical (unpaired) electrons. The van der Waals surface area contributed by atoms with E-state index in [1.807, 2.05) is 0 Å². The van der Waals surface area contributed by atoms with Gasteiger partial charge < -0.3 is 4.52 Å². The summed E-state index contributed by atoms with van der Waals surface area (Å²) in [6.45, 7) is 0. The van der Waals surface area contributed by atoms with Crippen LogP contribution in [0.2, 0.25) is 0 Å². The van der Waals surface area contributed by atoms with Crippen molar-refractivity contribution in [3.05, 3.63) is 40.4 Å². The van der Waals surface area contributed by atoms with Crippen LogP contribution < -0.4 is 4.52 Å². The van der Waals surface area contributed by atoms with E-state index in [-0.39, 0.29) is 5.75 Å². The minimum Gasteiger partial charge on any atom is -0.428 e. The van der Waals surface area contributed by atoms with E-state index in [0.717, 1.165) is 0 Å². The highest BCUT2D eigenvalue weighted by Gasteiger charge is 2.05. The van der Waals surface area contributed by atoms with E-state index < -0.39 is 13.3 Å². The first kappa shape index (κ1) is 9.54. The molecule has 0 aliphatic carbocycles. The van der Waals surface area contributed by atoms with Crippen molar-refractivity contribution in [1.82, 2.24) is 0 Å². The van der Waals surface area contributed by atoms with Gasteiger partial charge in [0.25, 0.3) is 0 Å². The average molecular weight is 203 g/mol. The van der Waals surface area contributed by atoms with Gasteiger partial charge in [0.1, 0.15) is 5.75 Å². The van der Waals surface area contributed by atoms with Crippen LogP contribution in [-0.2, 0) is 9.19 Å². The second kappa shape index (κ2) is 4.47. The molecule has 0 fully saturated rings. The summed E-state index contributed by atoms with van der Waals surface area (Å²) in [7, 11) is -3.09. The monoisotopic (exact) mass is 203 g/mol. The quantitative estimate of drug-likeness (QED) is 0.422. The lowest BCUT2D eigenvalue weighted by Crippen LogP contribution is -1.94. The molecule has 13 heavy (non-hydrogen) atoms. The van der Waals surface area contributed by atoms with Crippen LogP contribution in [0.4, 0.5) is 0 Å². The highest BCUT2D eigenvalue weighted by atomic mass is 31.1. The smallest absolute Gasteiger partial charge is 0.405 e. The summed E-state index contributed by atoms with van der Waals surface area (Å²) >= 11 is 0. The Bertz CT molecular complexity index is 314. The fourth-order valence-corrected chi connectivity index (χ4v) is 1.15. The van der Waals surface area contributed by atoms with Crippen molar-refractivity contribution in [1.29, 1.82) is 0 Å². The molecule has 1 aromatic carbocycles. The van der Waals surface area contributed by atoms with E-state index in [1.165, 1.54) is 12.1 Å². The molecule has 0 amide bonds. The molecule has 0 saturated carbocycles. The maximum absolute atomic E-state index is 10.7. The minimum absolute atomic E-state index is 0.272. The van der Waals surface area contributed by atoms with E-state index in [0.29, 0.717) is 0 Å². The number of nitrogens with zero attached hydrogens (tertiary/aromatic N) is 1. The Hall–Kier alpha value is -1.55. The van der Waals surface area contributed by atoms with Gasteiger partial charge >= 0.3 is 13.3 Å². The zero-order chi connectivity index (χ0) is 9.68. The summed E-state index contributed by atoms with van der Waals surface area (Å²) in [5.74, 6) is 0.272. The molecule has 0 aromatic heterocycles. The molecule has 0 bridgehead atoms. The molecular weight excluding hydrogens is 197 g/mol. The molecule has 0 saturated heterocycles. The van der Waals surface area contributed by atoms with Gasteiger partial charge in [0.05, 0.1) is 0 Å². The molecule has 1 rings (SSSR count). The molecule has 1 atom stereocenters. The molecule has 0 heterocycles. The van der Waals surface area contributed by atoms with Crippen molar-refractivity contribution < 1.29 is 18.8 Å². The molecule has 1 aromatic rings. The van der Waals surface area contributed by atoms with Gasteiger partial charge in [-0.15, -0.1) is 10.1 Å². The largest absolute Gasteiger partial charge is 0.428 e. The van der Waals surface area contributed by atoms with Gasteiger partial charge in [-0.3, -0.25) is 4.57 Å². The zero-order valence-corrected chi connectivity index (χ0v) is 7.38. The van der Waals surface area contributed by atoms with Crippen molar-refractivity contribution in [2.75, 3.05) is 0 Å². The fraction of sp³-hybridized carbons (Fsp3) is 0. The number of hydrogen-bond acceptors (Lipinski definition) is 5. The first-order valence-corrected chi connectivity index (χ1v) is 4.50. The van der Waals surface area contributed by atoms with Gasteiger partial charge in [-0.05, 0) is 12.1 Å². The number of rotatable bonds is 4. The molecule has 0 N–H and O–H groups in total. The fourth-order valence-electron chi connectivity index (χ4n) is 0.664. The molecule has 1 unspecified atom stereocenters. The lowest BCUT2D eigenvalue weighted by Gasteiger charge is -2.02. The Labute approximate surface area is 74.1 Å². The Kier molecular flexibility index (Phi) is 3.28. The van der Waals surface area contributed by atoms with Crippen molar-refractivity contribution in [3.8, 4) is 5.75 Å². The first-order valence-electron chi connectivity index (χ1n) is 3.27. The number of para-hydroxylation sites is 1. The summed E-state index contributed by atoms with van der Waals surface area (Å²) in [6.07, 6.45) is 0. The average Bonchev–Trinajstić information content (AvgIpc) is 2.04. The van der Waals surface area contributed by atoms with Gasteiger partial charge in [-0.2, -0.15) is 0 Å². The third-order valence-electron chi connectivity index (χ3n) is 1.09. The minimum atomic E-state index is -3.09. The van der Waals surface area contributed by atoms with Gasteiger partial charge in [-0.1, -0.05) is 18.2 Å². The van der Waals surface area contributed by atoms with Gasteiger partial charge in [0, 0.05) is 0 Å². The zero-order valence-electron chi connectivity index (χ0n) is 6.38. The summed E-state index contributed by atoms with van der Waals surface area (Å²) < 4.78 is 19.0. The van der Waals surface area contributed by atoms with Crippen LogP contribution in [0.15, 0.2) is 30.3 Å². The lowest BCUT2D eigenvalue weighted by atomic mass is 10.3. The van der Waals surface area contributed by atoms with Crippen LogP contribution in [0.5, 0.6) is 5.75 Å². The van der Waals surface area contributed by atoms with Crippen LogP contribution in [0.25, 0.3) is 0 Å². The molecule has 70 valence electrons. The van der Waals surface area contributed by atoms with Crippen molar-refractivity contribution in [3.63, 3.8) is 0 Å². The third-order valence-corrected chi connectivity index (χ3v) is 1.79. The van der Waals surface area contributed by atoms with E-state index in [2.05, 4.69) is 9.15 Å². The van der Waals surface area contributed by atoms with Crippen LogP contribution in [-0.4, -0.2) is 5.09 Å². The second-order valence-corrected chi connectivity index (χ2v) is 2.87. The van der Waals surface area contributed by atoms with Crippen LogP contribution in [0, 0.1) is 10.1 Å². The van der Waals surface area contributed by atoms with Crippen molar-refractivity contribution >= 4 is 8.25 Å². The molecule has 0 aliphatic rings. The molecule has 0 spiro atoms. The van der Waals surface area contributed by atoms with E-state index >= 15 is 0 Å². The molecule has 0 aliphatic heterocycles. The van der Waals surface area contributed by atoms with Crippen LogP contribution in [0.1, 0.15) is 0 Å². The topological polar surface area (TPSA) is 78.7 Å². The second-order valence-electron chi connectivity index (χ2n) is 1.98. The molecule has 7 heteroatoms. The predicted molar refractivity (Wildman–Crippen MR) is 44.2 cm³/mol. The standard InChI is InChI=1S/C6H6NO5P/c8-7(9)12-13(10)11-6-4-2-1-3-5-6/h1-5,13H. The highest BCUT2D eigenvalue weighted by Crippen LogP contribution is 2.27. The Morgan fingerprint density at radius 3 is 2.46 bits per heavy atom. The lowest BCUT2D eigenvalue weighted by molar-refractivity contribution is -0.713. The highest BCUT2D eigenvalue weighted by molar-refractivity contribution is 7.33. The summed E-state index contributed by atoms with van der Waals surface area (Å²) in [5.41, 5.74) is 0. The Balaban J connectivity index is 2.50. The maximum atomic E-state index is 10.7. The van der Waals surface area contributed by atoms with Gasteiger partial charge in [0.2, 0.25) is 0 Å². The Morgan fingerprint density at radius 1 is 1.31 bits per heavy atom. The number of benzene rings is 1. The van der Waals surface area contributed by atoms with E-state index in [1.54, 1.807) is 18.2 Å². The maximum Gasteiger partial charge on any atom is 0.405 e. The van der Waals surface area contributed by atoms with Crippen LogP contribution >= 0.6 is 8.25 Å². The summed E-state index contributed by atoms with van der Waals surface area (Å²) in [4.78, 5) is 9.73. The third kappa shape index (κ3) is 3.57. The normalized spacial score (nSPS) is 11.7. The van der Waals surface area contributed by atoms with Crippen LogP contribution in [0.3, 0.4) is 0 Å². The first-order chi connectivity index (χ1) is 6.18. The number of hydrogen-bond donors (Lipinski definition) is 0. The van der Waals surface area contributed by atoms with E-state index in [4.69, 9.17) is 0 Å². The Morgan fingerprint density at radius 2 is 1.92 bits per heavy atom. The summed E-state index contributed by atoms with van der Waals surface area (Å²) in [6, 6.07) is 8.07. The predicted octanol–water partition coefficient (Wildman–Crippen LogP) is 1.66. The molecular formula is C6H6NO5P. The van der Waals surface area contributed by atoms with Crippen molar-refractivity contribution in [2.24, 2.45) is 0 Å².